The molecule has 2 N–H and O–H groups in total. The molecule has 128 valence electrons. The Morgan fingerprint density at radius 2 is 2.04 bits per heavy atom. The number of amides is 1. The van der Waals surface area contributed by atoms with E-state index in [9.17, 15) is 13.2 Å². The van der Waals surface area contributed by atoms with Gasteiger partial charge in [0.15, 0.2) is 5.13 Å². The van der Waals surface area contributed by atoms with Gasteiger partial charge in [-0.15, -0.1) is 11.3 Å². The quantitative estimate of drug-likeness (QED) is 0.723. The maximum Gasteiger partial charge on any atom is 0.263 e. The summed E-state index contributed by atoms with van der Waals surface area (Å²) in [6, 6.07) is 5.87. The summed E-state index contributed by atoms with van der Waals surface area (Å²) < 4.78 is 27.0. The molecule has 25 heavy (non-hydrogen) atoms. The van der Waals surface area contributed by atoms with Crippen molar-refractivity contribution in [3.8, 4) is 0 Å². The summed E-state index contributed by atoms with van der Waals surface area (Å²) >= 11 is 1.19. The van der Waals surface area contributed by atoms with Gasteiger partial charge in [0.2, 0.25) is 0 Å². The van der Waals surface area contributed by atoms with Gasteiger partial charge in [0, 0.05) is 29.2 Å². The minimum Gasteiger partial charge on any atom is -0.328 e. The number of nitrogens with zero attached hydrogens (tertiary/aromatic N) is 3. The standard InChI is InChI=1S/C15H13N5O3S2/c21-14(20-8-11-7-17-18-13(11)9-20)10-1-3-12(4-2-10)25(22,23)19-15-16-5-6-24-15/h1-7H,8-9H2,(H,16,19)(H,17,18). The zero-order chi connectivity index (χ0) is 17.4. The van der Waals surface area contributed by atoms with Crippen LogP contribution in [-0.4, -0.2) is 34.4 Å². The lowest BCUT2D eigenvalue weighted by atomic mass is 10.2. The van der Waals surface area contributed by atoms with Crippen LogP contribution in [0.25, 0.3) is 0 Å². The molecule has 3 aromatic rings. The average Bonchev–Trinajstić information content (AvgIpc) is 3.30. The summed E-state index contributed by atoms with van der Waals surface area (Å²) in [5.74, 6) is -0.151. The SMILES string of the molecule is O=C(c1ccc(S(=O)(=O)Nc2nccs2)cc1)N1Cc2cn[nH]c2C1. The lowest BCUT2D eigenvalue weighted by Gasteiger charge is -2.15. The summed E-state index contributed by atoms with van der Waals surface area (Å²) in [4.78, 5) is 18.2. The number of H-pyrrole nitrogens is 1. The summed E-state index contributed by atoms with van der Waals surface area (Å²) in [5, 5.41) is 8.79. The zero-order valence-electron chi connectivity index (χ0n) is 12.8. The Morgan fingerprint density at radius 1 is 1.24 bits per heavy atom. The van der Waals surface area contributed by atoms with Gasteiger partial charge < -0.3 is 4.90 Å². The van der Waals surface area contributed by atoms with Crippen LogP contribution >= 0.6 is 11.3 Å². The fourth-order valence-corrected chi connectivity index (χ4v) is 4.40. The molecule has 0 atom stereocenters. The maximum absolute atomic E-state index is 12.5. The van der Waals surface area contributed by atoms with Gasteiger partial charge in [0.05, 0.1) is 23.3 Å². The molecular formula is C15H13N5O3S2. The van der Waals surface area contributed by atoms with E-state index in [1.54, 1.807) is 16.5 Å². The number of sulfonamides is 1. The highest BCUT2D eigenvalue weighted by molar-refractivity contribution is 7.93. The molecule has 8 nitrogen and oxygen atoms in total. The van der Waals surface area contributed by atoms with E-state index in [0.717, 1.165) is 11.3 Å². The van der Waals surface area contributed by atoms with Crippen LogP contribution in [0.1, 0.15) is 21.6 Å². The minimum atomic E-state index is -3.72. The van der Waals surface area contributed by atoms with E-state index in [0.29, 0.717) is 23.8 Å². The zero-order valence-corrected chi connectivity index (χ0v) is 14.5. The van der Waals surface area contributed by atoms with E-state index in [4.69, 9.17) is 0 Å². The number of hydrogen-bond acceptors (Lipinski definition) is 6. The minimum absolute atomic E-state index is 0.0788. The largest absolute Gasteiger partial charge is 0.328 e. The van der Waals surface area contributed by atoms with Gasteiger partial charge in [0.25, 0.3) is 15.9 Å². The highest BCUT2D eigenvalue weighted by atomic mass is 32.2. The van der Waals surface area contributed by atoms with Crippen molar-refractivity contribution >= 4 is 32.4 Å². The number of hydrogen-bond donors (Lipinski definition) is 2. The summed E-state index contributed by atoms with van der Waals surface area (Å²) in [7, 11) is -3.72. The van der Waals surface area contributed by atoms with Crippen LogP contribution in [0, 0.1) is 0 Å². The predicted molar refractivity (Wildman–Crippen MR) is 91.5 cm³/mol. The van der Waals surface area contributed by atoms with Crippen LogP contribution in [0.2, 0.25) is 0 Å². The van der Waals surface area contributed by atoms with E-state index < -0.39 is 10.0 Å². The second kappa shape index (κ2) is 5.97. The van der Waals surface area contributed by atoms with Crippen LogP contribution in [0.3, 0.4) is 0 Å². The number of rotatable bonds is 4. The first-order chi connectivity index (χ1) is 12.0. The number of anilines is 1. The molecule has 0 radical (unpaired) electrons. The molecule has 0 aliphatic carbocycles. The van der Waals surface area contributed by atoms with E-state index in [2.05, 4.69) is 19.9 Å². The molecule has 1 amide bonds. The molecule has 1 aliphatic rings. The Bertz CT molecular complexity index is 989. The number of fused-ring (bicyclic) bond motifs is 1. The molecular weight excluding hydrogens is 362 g/mol. The Morgan fingerprint density at radius 3 is 2.72 bits per heavy atom. The van der Waals surface area contributed by atoms with E-state index in [-0.39, 0.29) is 10.8 Å². The first kappa shape index (κ1) is 15.8. The number of benzene rings is 1. The lowest BCUT2D eigenvalue weighted by molar-refractivity contribution is 0.0749. The summed E-state index contributed by atoms with van der Waals surface area (Å²) in [6.07, 6.45) is 3.23. The van der Waals surface area contributed by atoms with E-state index in [1.165, 1.54) is 41.8 Å². The Labute approximate surface area is 147 Å². The smallest absolute Gasteiger partial charge is 0.263 e. The highest BCUT2D eigenvalue weighted by Crippen LogP contribution is 2.23. The second-order valence-corrected chi connectivity index (χ2v) is 8.08. The molecule has 0 saturated carbocycles. The summed E-state index contributed by atoms with van der Waals surface area (Å²) in [6.45, 7) is 0.968. The second-order valence-electron chi connectivity index (χ2n) is 5.50. The first-order valence-electron chi connectivity index (χ1n) is 7.36. The van der Waals surface area contributed by atoms with Crippen molar-refractivity contribution < 1.29 is 13.2 Å². The average molecular weight is 375 g/mol. The van der Waals surface area contributed by atoms with E-state index in [1.807, 2.05) is 0 Å². The van der Waals surface area contributed by atoms with Crippen molar-refractivity contribution in [3.63, 3.8) is 0 Å². The predicted octanol–water partition coefficient (Wildman–Crippen LogP) is 1.82. The third-order valence-electron chi connectivity index (χ3n) is 3.87. The van der Waals surface area contributed by atoms with Gasteiger partial charge in [-0.1, -0.05) is 0 Å². The van der Waals surface area contributed by atoms with Gasteiger partial charge in [-0.25, -0.2) is 13.4 Å². The van der Waals surface area contributed by atoms with Gasteiger partial charge in [-0.3, -0.25) is 14.6 Å². The molecule has 4 rings (SSSR count). The number of nitrogens with one attached hydrogen (secondary N) is 2. The molecule has 1 aromatic carbocycles. The topological polar surface area (TPSA) is 108 Å². The van der Waals surface area contributed by atoms with Crippen molar-refractivity contribution in [2.24, 2.45) is 0 Å². The lowest BCUT2D eigenvalue weighted by Crippen LogP contribution is -2.25. The highest BCUT2D eigenvalue weighted by Gasteiger charge is 2.26. The number of aromatic nitrogens is 3. The van der Waals surface area contributed by atoms with Crippen molar-refractivity contribution in [3.05, 3.63) is 58.9 Å². The Balaban J connectivity index is 1.50. The molecule has 0 bridgehead atoms. The number of carbonyl (C=O) groups is 1. The summed E-state index contributed by atoms with van der Waals surface area (Å²) in [5.41, 5.74) is 2.37. The molecule has 1 aliphatic heterocycles. The molecule has 10 heteroatoms. The fourth-order valence-electron chi connectivity index (χ4n) is 2.61. The third kappa shape index (κ3) is 3.01. The van der Waals surface area contributed by atoms with Crippen LogP contribution in [0.4, 0.5) is 5.13 Å². The Kier molecular flexibility index (Phi) is 3.77. The van der Waals surface area contributed by atoms with Crippen molar-refractivity contribution in [2.45, 2.75) is 18.0 Å². The van der Waals surface area contributed by atoms with E-state index >= 15 is 0 Å². The van der Waals surface area contributed by atoms with Gasteiger partial charge in [-0.05, 0) is 24.3 Å². The van der Waals surface area contributed by atoms with Crippen LogP contribution in [0.5, 0.6) is 0 Å². The number of carbonyl (C=O) groups excluding carboxylic acids is 1. The maximum atomic E-state index is 12.5. The van der Waals surface area contributed by atoms with Crippen molar-refractivity contribution in [2.75, 3.05) is 4.72 Å². The van der Waals surface area contributed by atoms with Crippen LogP contribution < -0.4 is 4.72 Å². The van der Waals surface area contributed by atoms with Gasteiger partial charge in [0.1, 0.15) is 0 Å². The fraction of sp³-hybridized carbons (Fsp3) is 0.133. The van der Waals surface area contributed by atoms with Crippen LogP contribution in [0.15, 0.2) is 46.9 Å². The van der Waals surface area contributed by atoms with Crippen molar-refractivity contribution in [1.29, 1.82) is 0 Å². The normalized spacial score (nSPS) is 13.7. The number of aromatic amines is 1. The molecule has 3 heterocycles. The molecule has 0 spiro atoms. The molecule has 2 aromatic heterocycles. The van der Waals surface area contributed by atoms with Crippen molar-refractivity contribution in [1.82, 2.24) is 20.1 Å². The first-order valence-corrected chi connectivity index (χ1v) is 9.72. The van der Waals surface area contributed by atoms with Gasteiger partial charge in [-0.2, -0.15) is 5.10 Å². The van der Waals surface area contributed by atoms with Gasteiger partial charge >= 0.3 is 0 Å². The third-order valence-corrected chi connectivity index (χ3v) is 6.04. The molecule has 0 fully saturated rings. The molecule has 0 unspecified atom stereocenters. The van der Waals surface area contributed by atoms with Crippen LogP contribution in [-0.2, 0) is 23.1 Å². The number of thiazole rings is 1. The monoisotopic (exact) mass is 375 g/mol. The molecule has 0 saturated heterocycles. The Hall–Kier alpha value is -2.72.